The van der Waals surface area contributed by atoms with Crippen LogP contribution in [0.3, 0.4) is 0 Å². The SMILES string of the molecule is Cc1ccccc1C(=O)Oc1ccc(/C=C(/C#N)c2ccc(Cl)cc2)cc1. The molecule has 27 heavy (non-hydrogen) atoms. The van der Waals surface area contributed by atoms with Gasteiger partial charge in [0.05, 0.1) is 17.2 Å². The Balaban J connectivity index is 1.77. The maximum atomic E-state index is 12.3. The predicted molar refractivity (Wildman–Crippen MR) is 108 cm³/mol. The summed E-state index contributed by atoms with van der Waals surface area (Å²) in [5, 5.41) is 10.0. The van der Waals surface area contributed by atoms with Gasteiger partial charge in [-0.25, -0.2) is 4.79 Å². The van der Waals surface area contributed by atoms with Crippen molar-refractivity contribution in [3.63, 3.8) is 0 Å². The molecule has 0 N–H and O–H groups in total. The minimum absolute atomic E-state index is 0.393. The third-order valence-electron chi connectivity index (χ3n) is 4.04. The van der Waals surface area contributed by atoms with Crippen molar-refractivity contribution < 1.29 is 9.53 Å². The van der Waals surface area contributed by atoms with E-state index >= 15 is 0 Å². The lowest BCUT2D eigenvalue weighted by molar-refractivity contribution is 0.0734. The fraction of sp³-hybridized carbons (Fsp3) is 0.0435. The molecule has 0 saturated heterocycles. The number of nitrogens with zero attached hydrogens (tertiary/aromatic N) is 1. The molecule has 0 aliphatic rings. The van der Waals surface area contributed by atoms with Crippen LogP contribution in [0.1, 0.15) is 27.0 Å². The van der Waals surface area contributed by atoms with Crippen molar-refractivity contribution in [1.82, 2.24) is 0 Å². The van der Waals surface area contributed by atoms with Crippen molar-refractivity contribution in [2.24, 2.45) is 0 Å². The summed E-state index contributed by atoms with van der Waals surface area (Å²) < 4.78 is 5.43. The molecule has 0 amide bonds. The Morgan fingerprint density at radius 2 is 1.67 bits per heavy atom. The molecule has 4 heteroatoms. The zero-order valence-corrected chi connectivity index (χ0v) is 15.4. The van der Waals surface area contributed by atoms with E-state index in [9.17, 15) is 10.1 Å². The number of benzene rings is 3. The molecule has 3 aromatic carbocycles. The molecule has 0 heterocycles. The minimum atomic E-state index is -0.393. The third kappa shape index (κ3) is 4.63. The number of nitriles is 1. The van der Waals surface area contributed by atoms with Crippen LogP contribution >= 0.6 is 11.6 Å². The summed E-state index contributed by atoms with van der Waals surface area (Å²) in [6.45, 7) is 1.87. The van der Waals surface area contributed by atoms with Crippen LogP contribution in [0.2, 0.25) is 5.02 Å². The van der Waals surface area contributed by atoms with Crippen molar-refractivity contribution in [1.29, 1.82) is 5.26 Å². The van der Waals surface area contributed by atoms with E-state index in [2.05, 4.69) is 6.07 Å². The third-order valence-corrected chi connectivity index (χ3v) is 4.29. The predicted octanol–water partition coefficient (Wildman–Crippen LogP) is 5.93. The number of hydrogen-bond acceptors (Lipinski definition) is 3. The Morgan fingerprint density at radius 3 is 2.30 bits per heavy atom. The van der Waals surface area contributed by atoms with Gasteiger partial charge in [-0.15, -0.1) is 0 Å². The van der Waals surface area contributed by atoms with Crippen LogP contribution in [0.25, 0.3) is 11.6 Å². The van der Waals surface area contributed by atoms with Crippen LogP contribution in [0.4, 0.5) is 0 Å². The van der Waals surface area contributed by atoms with E-state index < -0.39 is 5.97 Å². The molecule has 0 aromatic heterocycles. The molecule has 0 saturated carbocycles. The van der Waals surface area contributed by atoms with Gasteiger partial charge < -0.3 is 4.74 Å². The summed E-state index contributed by atoms with van der Waals surface area (Å²) >= 11 is 5.89. The molecule has 3 rings (SSSR count). The Morgan fingerprint density at radius 1 is 1.00 bits per heavy atom. The number of rotatable bonds is 4. The van der Waals surface area contributed by atoms with Gasteiger partial charge >= 0.3 is 5.97 Å². The summed E-state index contributed by atoms with van der Waals surface area (Å²) in [6, 6.07) is 23.6. The van der Waals surface area contributed by atoms with E-state index in [1.54, 1.807) is 66.7 Å². The van der Waals surface area contributed by atoms with Crippen molar-refractivity contribution in [2.45, 2.75) is 6.92 Å². The quantitative estimate of drug-likeness (QED) is 0.246. The van der Waals surface area contributed by atoms with Gasteiger partial charge in [0.1, 0.15) is 5.75 Å². The molecule has 0 unspecified atom stereocenters. The number of aryl methyl sites for hydroxylation is 1. The Kier molecular flexibility index (Phi) is 5.71. The summed E-state index contributed by atoms with van der Waals surface area (Å²) in [6.07, 6.45) is 1.77. The van der Waals surface area contributed by atoms with Gasteiger partial charge in [-0.05, 0) is 60.0 Å². The first-order valence-electron chi connectivity index (χ1n) is 8.32. The second-order valence-electron chi connectivity index (χ2n) is 5.95. The number of hydrogen-bond donors (Lipinski definition) is 0. The highest BCUT2D eigenvalue weighted by molar-refractivity contribution is 6.30. The molecule has 0 fully saturated rings. The fourth-order valence-corrected chi connectivity index (χ4v) is 2.70. The lowest BCUT2D eigenvalue weighted by Gasteiger charge is -2.07. The number of halogens is 1. The van der Waals surface area contributed by atoms with Gasteiger partial charge in [0.15, 0.2) is 0 Å². The normalized spacial score (nSPS) is 10.9. The largest absolute Gasteiger partial charge is 0.423 e. The molecule has 3 aromatic rings. The molecule has 0 aliphatic carbocycles. The van der Waals surface area contributed by atoms with E-state index in [1.807, 2.05) is 19.1 Å². The van der Waals surface area contributed by atoms with Crippen molar-refractivity contribution >= 4 is 29.2 Å². The standard InChI is InChI=1S/C23H16ClNO2/c1-16-4-2-3-5-22(16)23(26)27-21-12-6-17(7-13-21)14-19(15-25)18-8-10-20(24)11-9-18/h2-14H,1H3/b19-14-. The van der Waals surface area contributed by atoms with Gasteiger partial charge in [0.25, 0.3) is 0 Å². The Labute approximate surface area is 163 Å². The summed E-state index contributed by atoms with van der Waals surface area (Å²) in [5.74, 6) is 0.0562. The highest BCUT2D eigenvalue weighted by Gasteiger charge is 2.10. The van der Waals surface area contributed by atoms with Gasteiger partial charge in [0.2, 0.25) is 0 Å². The van der Waals surface area contributed by atoms with Crippen LogP contribution in [0.15, 0.2) is 72.8 Å². The maximum absolute atomic E-state index is 12.3. The first-order valence-corrected chi connectivity index (χ1v) is 8.70. The molecule has 0 atom stereocenters. The molecule has 0 spiro atoms. The second kappa shape index (κ2) is 8.35. The minimum Gasteiger partial charge on any atom is -0.423 e. The summed E-state index contributed by atoms with van der Waals surface area (Å²) in [7, 11) is 0. The molecule has 132 valence electrons. The van der Waals surface area contributed by atoms with Crippen molar-refractivity contribution in [3.05, 3.63) is 100 Å². The summed E-state index contributed by atoms with van der Waals surface area (Å²) in [4.78, 5) is 12.3. The van der Waals surface area contributed by atoms with Crippen molar-refractivity contribution in [2.75, 3.05) is 0 Å². The Hall–Kier alpha value is -3.35. The molecule has 0 radical (unpaired) electrons. The second-order valence-corrected chi connectivity index (χ2v) is 6.39. The van der Waals surface area contributed by atoms with E-state index in [-0.39, 0.29) is 0 Å². The smallest absolute Gasteiger partial charge is 0.343 e. The lowest BCUT2D eigenvalue weighted by atomic mass is 10.0. The van der Waals surface area contributed by atoms with E-state index in [0.29, 0.717) is 21.9 Å². The van der Waals surface area contributed by atoms with E-state index in [4.69, 9.17) is 16.3 Å². The molecule has 0 bridgehead atoms. The fourth-order valence-electron chi connectivity index (χ4n) is 2.57. The van der Waals surface area contributed by atoms with Crippen LogP contribution in [-0.2, 0) is 0 Å². The number of carbonyl (C=O) groups excluding carboxylic acids is 1. The zero-order valence-electron chi connectivity index (χ0n) is 14.6. The summed E-state index contributed by atoms with van der Waals surface area (Å²) in [5.41, 5.74) is 3.55. The number of carbonyl (C=O) groups is 1. The van der Waals surface area contributed by atoms with Crippen molar-refractivity contribution in [3.8, 4) is 11.8 Å². The maximum Gasteiger partial charge on any atom is 0.343 e. The van der Waals surface area contributed by atoms with Crippen LogP contribution < -0.4 is 4.74 Å². The number of allylic oxidation sites excluding steroid dienone is 1. The van der Waals surface area contributed by atoms with Gasteiger partial charge in [-0.1, -0.05) is 54.1 Å². The number of ether oxygens (including phenoxy) is 1. The van der Waals surface area contributed by atoms with Crippen LogP contribution in [0, 0.1) is 18.3 Å². The Bertz CT molecular complexity index is 1030. The van der Waals surface area contributed by atoms with E-state index in [0.717, 1.165) is 16.7 Å². The highest BCUT2D eigenvalue weighted by atomic mass is 35.5. The molecule has 0 aliphatic heterocycles. The first kappa shape index (κ1) is 18.4. The van der Waals surface area contributed by atoms with E-state index in [1.165, 1.54) is 0 Å². The monoisotopic (exact) mass is 373 g/mol. The molecular formula is C23H16ClNO2. The average molecular weight is 374 g/mol. The molecular weight excluding hydrogens is 358 g/mol. The van der Waals surface area contributed by atoms with Crippen LogP contribution in [0.5, 0.6) is 5.75 Å². The van der Waals surface area contributed by atoms with Crippen LogP contribution in [-0.4, -0.2) is 5.97 Å². The number of esters is 1. The molecule has 3 nitrogen and oxygen atoms in total. The van der Waals surface area contributed by atoms with Gasteiger partial charge in [0, 0.05) is 5.02 Å². The first-order chi connectivity index (χ1) is 13.1. The zero-order chi connectivity index (χ0) is 19.2. The van der Waals surface area contributed by atoms with Gasteiger partial charge in [-0.2, -0.15) is 5.26 Å². The topological polar surface area (TPSA) is 50.1 Å². The highest BCUT2D eigenvalue weighted by Crippen LogP contribution is 2.22. The average Bonchev–Trinajstić information content (AvgIpc) is 2.68. The van der Waals surface area contributed by atoms with Gasteiger partial charge in [-0.3, -0.25) is 0 Å². The lowest BCUT2D eigenvalue weighted by Crippen LogP contribution is -2.09.